The number of benzene rings is 2. The lowest BCUT2D eigenvalue weighted by atomic mass is 9.95. The fourth-order valence-electron chi connectivity index (χ4n) is 3.52. The van der Waals surface area contributed by atoms with Gasteiger partial charge < -0.3 is 15.1 Å². The first kappa shape index (κ1) is 24.5. The summed E-state index contributed by atoms with van der Waals surface area (Å²) in [6.45, 7) is 12.4. The van der Waals surface area contributed by atoms with Gasteiger partial charge in [-0.1, -0.05) is 34.6 Å². The van der Waals surface area contributed by atoms with E-state index < -0.39 is 11.2 Å². The maximum absolute atomic E-state index is 14.7. The maximum atomic E-state index is 14.7. The zero-order chi connectivity index (χ0) is 24.3. The van der Waals surface area contributed by atoms with Crippen molar-refractivity contribution >= 4 is 28.3 Å². The molecule has 0 radical (unpaired) electrons. The SMILES string of the molecule is Cc1cc(NCCCC(C)C)c2c(=O)cc(-c3ccc(NC(=O)C(C)(C)C)c(F)c3)oc2c1. The smallest absolute Gasteiger partial charge is 0.229 e. The summed E-state index contributed by atoms with van der Waals surface area (Å²) in [5.74, 6) is 0.0265. The van der Waals surface area contributed by atoms with E-state index in [0.717, 1.165) is 30.6 Å². The first-order valence-electron chi connectivity index (χ1n) is 11.4. The molecule has 0 saturated heterocycles. The van der Waals surface area contributed by atoms with E-state index in [-0.39, 0.29) is 22.8 Å². The highest BCUT2D eigenvalue weighted by molar-refractivity contribution is 5.95. The van der Waals surface area contributed by atoms with Crippen molar-refractivity contribution in [1.29, 1.82) is 0 Å². The Morgan fingerprint density at radius 1 is 1.09 bits per heavy atom. The number of anilines is 2. The van der Waals surface area contributed by atoms with Crippen LogP contribution in [0.1, 0.15) is 53.0 Å². The van der Waals surface area contributed by atoms with E-state index in [0.29, 0.717) is 22.5 Å². The molecule has 176 valence electrons. The van der Waals surface area contributed by atoms with Gasteiger partial charge in [-0.3, -0.25) is 9.59 Å². The average molecular weight is 453 g/mol. The molecule has 0 aliphatic rings. The normalized spacial score (nSPS) is 11.8. The Kier molecular flexibility index (Phi) is 7.25. The van der Waals surface area contributed by atoms with Crippen LogP contribution in [0.25, 0.3) is 22.3 Å². The van der Waals surface area contributed by atoms with E-state index in [9.17, 15) is 14.0 Å². The zero-order valence-electron chi connectivity index (χ0n) is 20.3. The van der Waals surface area contributed by atoms with Gasteiger partial charge in [0.25, 0.3) is 0 Å². The second-order valence-corrected chi connectivity index (χ2v) is 10.0. The van der Waals surface area contributed by atoms with Crippen LogP contribution < -0.4 is 16.1 Å². The predicted octanol–water partition coefficient (Wildman–Crippen LogP) is 6.74. The summed E-state index contributed by atoms with van der Waals surface area (Å²) in [6.07, 6.45) is 2.11. The summed E-state index contributed by atoms with van der Waals surface area (Å²) >= 11 is 0. The van der Waals surface area contributed by atoms with Gasteiger partial charge in [0.1, 0.15) is 17.2 Å². The van der Waals surface area contributed by atoms with Crippen LogP contribution in [-0.4, -0.2) is 12.5 Å². The van der Waals surface area contributed by atoms with Crippen molar-refractivity contribution in [2.45, 2.75) is 54.4 Å². The van der Waals surface area contributed by atoms with Crippen LogP contribution in [0.4, 0.5) is 15.8 Å². The number of nitrogens with one attached hydrogen (secondary N) is 2. The van der Waals surface area contributed by atoms with Crippen molar-refractivity contribution in [2.75, 3.05) is 17.2 Å². The molecule has 0 unspecified atom stereocenters. The third kappa shape index (κ3) is 6.01. The second-order valence-electron chi connectivity index (χ2n) is 10.0. The number of aryl methyl sites for hydroxylation is 1. The van der Waals surface area contributed by atoms with Gasteiger partial charge in [0.05, 0.1) is 11.1 Å². The highest BCUT2D eigenvalue weighted by Gasteiger charge is 2.22. The fraction of sp³-hybridized carbons (Fsp3) is 0.407. The fourth-order valence-corrected chi connectivity index (χ4v) is 3.52. The first-order valence-corrected chi connectivity index (χ1v) is 11.4. The summed E-state index contributed by atoms with van der Waals surface area (Å²) in [5, 5.41) is 6.46. The van der Waals surface area contributed by atoms with Crippen molar-refractivity contribution in [1.82, 2.24) is 0 Å². The molecule has 3 aromatic rings. The number of fused-ring (bicyclic) bond motifs is 1. The summed E-state index contributed by atoms with van der Waals surface area (Å²) in [5.41, 5.74) is 1.84. The molecule has 1 amide bonds. The Hall–Kier alpha value is -3.15. The Morgan fingerprint density at radius 2 is 1.82 bits per heavy atom. The molecule has 2 aromatic carbocycles. The van der Waals surface area contributed by atoms with E-state index in [1.807, 2.05) is 19.1 Å². The van der Waals surface area contributed by atoms with E-state index in [4.69, 9.17) is 4.42 Å². The van der Waals surface area contributed by atoms with Crippen LogP contribution in [0.15, 0.2) is 45.6 Å². The molecular formula is C27H33FN2O3. The highest BCUT2D eigenvalue weighted by Crippen LogP contribution is 2.30. The topological polar surface area (TPSA) is 71.3 Å². The van der Waals surface area contributed by atoms with Crippen LogP contribution in [0.2, 0.25) is 0 Å². The molecule has 1 aromatic heterocycles. The molecule has 0 fully saturated rings. The number of hydrogen-bond acceptors (Lipinski definition) is 4. The average Bonchev–Trinajstić information content (AvgIpc) is 2.71. The molecule has 0 aliphatic heterocycles. The van der Waals surface area contributed by atoms with Crippen LogP contribution >= 0.6 is 0 Å². The number of hydrogen-bond donors (Lipinski definition) is 2. The van der Waals surface area contributed by atoms with Gasteiger partial charge in [-0.2, -0.15) is 0 Å². The van der Waals surface area contributed by atoms with Gasteiger partial charge >= 0.3 is 0 Å². The monoisotopic (exact) mass is 452 g/mol. The minimum Gasteiger partial charge on any atom is -0.456 e. The minimum atomic E-state index is -0.644. The van der Waals surface area contributed by atoms with Crippen molar-refractivity contribution in [2.24, 2.45) is 11.3 Å². The van der Waals surface area contributed by atoms with Gasteiger partial charge in [0, 0.05) is 29.3 Å². The van der Waals surface area contributed by atoms with E-state index in [2.05, 4.69) is 24.5 Å². The van der Waals surface area contributed by atoms with E-state index >= 15 is 0 Å². The Labute approximate surface area is 194 Å². The molecule has 1 heterocycles. The van der Waals surface area contributed by atoms with Crippen molar-refractivity contribution in [3.8, 4) is 11.3 Å². The molecule has 0 bridgehead atoms. The molecule has 0 atom stereocenters. The van der Waals surface area contributed by atoms with Gasteiger partial charge in [-0.15, -0.1) is 0 Å². The summed E-state index contributed by atoms with van der Waals surface area (Å²) in [7, 11) is 0. The van der Waals surface area contributed by atoms with Gasteiger partial charge in [0.2, 0.25) is 5.91 Å². The van der Waals surface area contributed by atoms with Gasteiger partial charge in [-0.05, 0) is 61.6 Å². The van der Waals surface area contributed by atoms with Crippen molar-refractivity contribution in [3.05, 3.63) is 58.0 Å². The zero-order valence-corrected chi connectivity index (χ0v) is 20.3. The molecule has 0 saturated carbocycles. The standard InChI is InChI=1S/C27H33FN2O3/c1-16(2)8-7-11-29-21-12-17(3)13-24-25(21)22(31)15-23(33-24)18-9-10-20(19(28)14-18)30-26(32)27(4,5)6/h9-10,12-16,29H,7-8,11H2,1-6H3,(H,30,32). The molecule has 0 aliphatic carbocycles. The Morgan fingerprint density at radius 3 is 2.45 bits per heavy atom. The summed E-state index contributed by atoms with van der Waals surface area (Å²) in [4.78, 5) is 25.2. The Balaban J connectivity index is 1.93. The maximum Gasteiger partial charge on any atom is 0.229 e. The van der Waals surface area contributed by atoms with Crippen molar-refractivity contribution < 1.29 is 13.6 Å². The first-order chi connectivity index (χ1) is 15.5. The molecular weight excluding hydrogens is 419 g/mol. The second kappa shape index (κ2) is 9.77. The molecule has 3 rings (SSSR count). The number of carbonyl (C=O) groups is 1. The van der Waals surface area contributed by atoms with Crippen LogP contribution in [-0.2, 0) is 4.79 Å². The van der Waals surface area contributed by atoms with Crippen molar-refractivity contribution in [3.63, 3.8) is 0 Å². The predicted molar refractivity (Wildman–Crippen MR) is 133 cm³/mol. The lowest BCUT2D eigenvalue weighted by Gasteiger charge is -2.18. The van der Waals surface area contributed by atoms with Gasteiger partial charge in [-0.25, -0.2) is 4.39 Å². The van der Waals surface area contributed by atoms with Crippen LogP contribution in [0.5, 0.6) is 0 Å². The summed E-state index contributed by atoms with van der Waals surface area (Å²) < 4.78 is 20.7. The lowest BCUT2D eigenvalue weighted by Crippen LogP contribution is -2.28. The number of amides is 1. The van der Waals surface area contributed by atoms with Crippen LogP contribution in [0.3, 0.4) is 0 Å². The molecule has 5 nitrogen and oxygen atoms in total. The quantitative estimate of drug-likeness (QED) is 0.389. The largest absolute Gasteiger partial charge is 0.456 e. The molecule has 0 spiro atoms. The van der Waals surface area contributed by atoms with E-state index in [1.54, 1.807) is 26.8 Å². The minimum absolute atomic E-state index is 0.0885. The Bertz CT molecular complexity index is 1220. The van der Waals surface area contributed by atoms with Gasteiger partial charge in [0.15, 0.2) is 5.43 Å². The highest BCUT2D eigenvalue weighted by atomic mass is 19.1. The molecule has 2 N–H and O–H groups in total. The third-order valence-electron chi connectivity index (χ3n) is 5.43. The molecule has 33 heavy (non-hydrogen) atoms. The number of rotatable bonds is 7. The molecule has 6 heteroatoms. The number of halogens is 1. The third-order valence-corrected chi connectivity index (χ3v) is 5.43. The van der Waals surface area contributed by atoms with E-state index in [1.165, 1.54) is 18.2 Å². The number of carbonyl (C=O) groups excluding carboxylic acids is 1. The summed E-state index contributed by atoms with van der Waals surface area (Å²) in [6, 6.07) is 9.53. The lowest BCUT2D eigenvalue weighted by molar-refractivity contribution is -0.123. The van der Waals surface area contributed by atoms with Crippen LogP contribution in [0, 0.1) is 24.1 Å².